The van der Waals surface area contributed by atoms with E-state index in [0.717, 1.165) is 5.56 Å². The third-order valence-electron chi connectivity index (χ3n) is 2.57. The Balaban J connectivity index is 2.68. The van der Waals surface area contributed by atoms with Crippen molar-refractivity contribution >= 4 is 17.7 Å². The second-order valence-corrected chi connectivity index (χ2v) is 4.22. The standard InChI is InChI=1S/C14H17NO4/c1-2-6-12(17)15-13(14(18)19)11(16)9-10-7-4-3-5-8-10/h3-5,7-8,13H,2,6,9H2,1H3,(H,15,17)(H,18,19)/t13-/m0/s1. The summed E-state index contributed by atoms with van der Waals surface area (Å²) in [4.78, 5) is 34.3. The molecule has 0 saturated heterocycles. The van der Waals surface area contributed by atoms with Crippen LogP contribution in [-0.2, 0) is 20.8 Å². The molecule has 0 unspecified atom stereocenters. The Hall–Kier alpha value is -2.17. The van der Waals surface area contributed by atoms with Gasteiger partial charge in [-0.05, 0) is 12.0 Å². The van der Waals surface area contributed by atoms with Gasteiger partial charge in [0, 0.05) is 12.8 Å². The first-order valence-corrected chi connectivity index (χ1v) is 6.13. The second-order valence-electron chi connectivity index (χ2n) is 4.22. The lowest BCUT2D eigenvalue weighted by Crippen LogP contribution is -2.47. The van der Waals surface area contributed by atoms with Crippen molar-refractivity contribution in [3.63, 3.8) is 0 Å². The van der Waals surface area contributed by atoms with Crippen molar-refractivity contribution in [2.45, 2.75) is 32.2 Å². The van der Waals surface area contributed by atoms with Gasteiger partial charge in [0.25, 0.3) is 0 Å². The van der Waals surface area contributed by atoms with Crippen LogP contribution in [0.2, 0.25) is 0 Å². The topological polar surface area (TPSA) is 83.5 Å². The van der Waals surface area contributed by atoms with Crippen molar-refractivity contribution in [2.75, 3.05) is 0 Å². The molecule has 2 N–H and O–H groups in total. The van der Waals surface area contributed by atoms with E-state index in [4.69, 9.17) is 5.11 Å². The molecule has 1 atom stereocenters. The highest BCUT2D eigenvalue weighted by molar-refractivity contribution is 6.05. The lowest BCUT2D eigenvalue weighted by molar-refractivity contribution is -0.145. The molecule has 0 fully saturated rings. The molecule has 1 aromatic rings. The van der Waals surface area contributed by atoms with E-state index in [2.05, 4.69) is 5.32 Å². The monoisotopic (exact) mass is 263 g/mol. The third-order valence-corrected chi connectivity index (χ3v) is 2.57. The van der Waals surface area contributed by atoms with Crippen molar-refractivity contribution in [1.82, 2.24) is 5.32 Å². The van der Waals surface area contributed by atoms with Gasteiger partial charge in [0.05, 0.1) is 0 Å². The molecule has 0 radical (unpaired) electrons. The van der Waals surface area contributed by atoms with Gasteiger partial charge in [-0.1, -0.05) is 37.3 Å². The minimum Gasteiger partial charge on any atom is -0.479 e. The molecule has 1 aromatic carbocycles. The highest BCUT2D eigenvalue weighted by Crippen LogP contribution is 2.03. The van der Waals surface area contributed by atoms with Gasteiger partial charge in [0.15, 0.2) is 11.8 Å². The molecule has 19 heavy (non-hydrogen) atoms. The predicted octanol–water partition coefficient (Wildman–Crippen LogP) is 1.17. The van der Waals surface area contributed by atoms with E-state index in [-0.39, 0.29) is 12.8 Å². The van der Waals surface area contributed by atoms with Crippen LogP contribution in [0.1, 0.15) is 25.3 Å². The number of carbonyl (C=O) groups excluding carboxylic acids is 2. The van der Waals surface area contributed by atoms with E-state index in [1.165, 1.54) is 0 Å². The number of hydrogen-bond acceptors (Lipinski definition) is 3. The Labute approximate surface area is 111 Å². The number of nitrogens with one attached hydrogen (secondary N) is 1. The number of ketones is 1. The largest absolute Gasteiger partial charge is 0.479 e. The van der Waals surface area contributed by atoms with Crippen LogP contribution in [0.5, 0.6) is 0 Å². The van der Waals surface area contributed by atoms with Crippen LogP contribution in [0.15, 0.2) is 30.3 Å². The zero-order valence-corrected chi connectivity index (χ0v) is 10.8. The summed E-state index contributed by atoms with van der Waals surface area (Å²) in [5.74, 6) is -2.27. The lowest BCUT2D eigenvalue weighted by Gasteiger charge is -2.13. The maximum absolute atomic E-state index is 11.9. The van der Waals surface area contributed by atoms with Gasteiger partial charge in [-0.15, -0.1) is 0 Å². The predicted molar refractivity (Wildman–Crippen MR) is 69.6 cm³/mol. The molecule has 0 bridgehead atoms. The summed E-state index contributed by atoms with van der Waals surface area (Å²) in [6, 6.07) is 7.36. The Morgan fingerprint density at radius 2 is 1.84 bits per heavy atom. The van der Waals surface area contributed by atoms with Crippen molar-refractivity contribution in [3.8, 4) is 0 Å². The third kappa shape index (κ3) is 4.91. The summed E-state index contributed by atoms with van der Waals surface area (Å²) in [6.07, 6.45) is 0.803. The van der Waals surface area contributed by atoms with Crippen molar-refractivity contribution in [2.24, 2.45) is 0 Å². The summed E-state index contributed by atoms with van der Waals surface area (Å²) in [5, 5.41) is 11.3. The second kappa shape index (κ2) is 7.31. The molecule has 102 valence electrons. The quantitative estimate of drug-likeness (QED) is 0.723. The number of rotatable bonds is 7. The number of carboxylic acid groups (broad SMARTS) is 1. The van der Waals surface area contributed by atoms with Gasteiger partial charge in [0.1, 0.15) is 0 Å². The molecule has 0 aromatic heterocycles. The first-order valence-electron chi connectivity index (χ1n) is 6.13. The number of amides is 1. The van der Waals surface area contributed by atoms with E-state index in [1.807, 2.05) is 6.07 Å². The molecule has 0 saturated carbocycles. The van der Waals surface area contributed by atoms with Crippen LogP contribution >= 0.6 is 0 Å². The maximum Gasteiger partial charge on any atom is 0.334 e. The number of carboxylic acids is 1. The molecule has 0 aliphatic carbocycles. The summed E-state index contributed by atoms with van der Waals surface area (Å²) < 4.78 is 0. The molecule has 0 aliphatic rings. The highest BCUT2D eigenvalue weighted by atomic mass is 16.4. The van der Waals surface area contributed by atoms with Gasteiger partial charge in [-0.2, -0.15) is 0 Å². The van der Waals surface area contributed by atoms with Gasteiger partial charge in [-0.3, -0.25) is 9.59 Å². The van der Waals surface area contributed by atoms with E-state index in [9.17, 15) is 14.4 Å². The molecule has 0 heterocycles. The molecule has 0 spiro atoms. The van der Waals surface area contributed by atoms with Gasteiger partial charge in [-0.25, -0.2) is 4.79 Å². The van der Waals surface area contributed by atoms with Crippen LogP contribution in [0.3, 0.4) is 0 Å². The Bertz CT molecular complexity index is 456. The molecule has 1 amide bonds. The van der Waals surface area contributed by atoms with Crippen LogP contribution in [-0.4, -0.2) is 28.8 Å². The minimum absolute atomic E-state index is 0.00971. The van der Waals surface area contributed by atoms with Crippen LogP contribution < -0.4 is 5.32 Å². The van der Waals surface area contributed by atoms with E-state index >= 15 is 0 Å². The van der Waals surface area contributed by atoms with E-state index in [0.29, 0.717) is 6.42 Å². The normalized spacial score (nSPS) is 11.6. The Kier molecular flexibility index (Phi) is 5.73. The number of benzene rings is 1. The average molecular weight is 263 g/mol. The van der Waals surface area contributed by atoms with Crippen LogP contribution in [0.4, 0.5) is 0 Å². The highest BCUT2D eigenvalue weighted by Gasteiger charge is 2.27. The molecular formula is C14H17NO4. The van der Waals surface area contributed by atoms with Crippen molar-refractivity contribution < 1.29 is 19.5 Å². The number of hydrogen-bond donors (Lipinski definition) is 2. The first-order chi connectivity index (χ1) is 9.04. The SMILES string of the molecule is CCCC(=O)N[C@H](C(=O)O)C(=O)Cc1ccccc1. The van der Waals surface area contributed by atoms with E-state index < -0.39 is 23.7 Å². The zero-order valence-electron chi connectivity index (χ0n) is 10.8. The van der Waals surface area contributed by atoms with Crippen LogP contribution in [0.25, 0.3) is 0 Å². The van der Waals surface area contributed by atoms with Gasteiger partial charge < -0.3 is 10.4 Å². The fourth-order valence-electron chi connectivity index (χ4n) is 1.64. The minimum atomic E-state index is -1.47. The molecule has 1 rings (SSSR count). The van der Waals surface area contributed by atoms with Crippen molar-refractivity contribution in [3.05, 3.63) is 35.9 Å². The summed E-state index contributed by atoms with van der Waals surface area (Å²) in [7, 11) is 0. The number of carbonyl (C=O) groups is 3. The fourth-order valence-corrected chi connectivity index (χ4v) is 1.64. The maximum atomic E-state index is 11.9. The summed E-state index contributed by atoms with van der Waals surface area (Å²) >= 11 is 0. The summed E-state index contributed by atoms with van der Waals surface area (Å²) in [6.45, 7) is 1.81. The Morgan fingerprint density at radius 3 is 2.37 bits per heavy atom. The number of Topliss-reactive ketones (excluding diaryl/α,β-unsaturated/α-hetero) is 1. The van der Waals surface area contributed by atoms with Crippen LogP contribution in [0, 0.1) is 0 Å². The molecule has 0 aliphatic heterocycles. The molecule has 5 nitrogen and oxygen atoms in total. The average Bonchev–Trinajstić information content (AvgIpc) is 2.37. The smallest absolute Gasteiger partial charge is 0.334 e. The summed E-state index contributed by atoms with van der Waals surface area (Å²) in [5.41, 5.74) is 0.725. The lowest BCUT2D eigenvalue weighted by atomic mass is 10.0. The van der Waals surface area contributed by atoms with Gasteiger partial charge in [0.2, 0.25) is 5.91 Å². The zero-order chi connectivity index (χ0) is 14.3. The first kappa shape index (κ1) is 14.9. The molecular weight excluding hydrogens is 246 g/mol. The van der Waals surface area contributed by atoms with Gasteiger partial charge >= 0.3 is 5.97 Å². The Morgan fingerprint density at radius 1 is 1.21 bits per heavy atom. The fraction of sp³-hybridized carbons (Fsp3) is 0.357. The van der Waals surface area contributed by atoms with Crippen molar-refractivity contribution in [1.29, 1.82) is 0 Å². The molecule has 5 heteroatoms. The number of aliphatic carboxylic acids is 1. The van der Waals surface area contributed by atoms with E-state index in [1.54, 1.807) is 31.2 Å².